The van der Waals surface area contributed by atoms with Crippen molar-refractivity contribution < 1.29 is 14.6 Å². The Kier molecular flexibility index (Phi) is 11.3. The Morgan fingerprint density at radius 1 is 0.893 bits per heavy atom. The van der Waals surface area contributed by atoms with Gasteiger partial charge in [-0.25, -0.2) is 0 Å². The van der Waals surface area contributed by atoms with Gasteiger partial charge in [-0.15, -0.1) is 0 Å². The number of benzene rings is 3. The maximum atomic E-state index is 8.36. The van der Waals surface area contributed by atoms with Gasteiger partial charge in [-0.2, -0.15) is 0 Å². The van der Waals surface area contributed by atoms with Gasteiger partial charge in [0.2, 0.25) is 0 Å². The van der Waals surface area contributed by atoms with E-state index in [0.29, 0.717) is 6.61 Å². The van der Waals surface area contributed by atoms with Gasteiger partial charge >= 0.3 is 0 Å². The van der Waals surface area contributed by atoms with E-state index in [2.05, 4.69) is 60.8 Å². The second-order valence-electron chi connectivity index (χ2n) is 5.75. The summed E-state index contributed by atoms with van der Waals surface area (Å²) < 4.78 is 5.81. The molecule has 0 aliphatic rings. The standard InChI is InChI=1S/C21H21NO.C2H6.CH2O2/c1-17-6-5-9-20(14-17)22-15-18-10-12-21(13-11-18)23-16-19-7-3-2-4-8-19;1-2;2-1-3/h2-14,22H,15-16H2,1H3;1-2H3;1H,(H,2,3). The van der Waals surface area contributed by atoms with Crippen LogP contribution in [0.4, 0.5) is 5.69 Å². The summed E-state index contributed by atoms with van der Waals surface area (Å²) in [7, 11) is 0. The Hall–Kier alpha value is -3.27. The molecule has 0 saturated carbocycles. The average molecular weight is 380 g/mol. The fourth-order valence-corrected chi connectivity index (χ4v) is 2.40. The molecule has 0 heterocycles. The number of carbonyl (C=O) groups is 1. The lowest BCUT2D eigenvalue weighted by atomic mass is 10.2. The molecule has 3 aromatic carbocycles. The predicted octanol–water partition coefficient (Wildman–Crippen LogP) is 5.91. The number of hydrogen-bond acceptors (Lipinski definition) is 3. The zero-order valence-electron chi connectivity index (χ0n) is 16.8. The zero-order valence-corrected chi connectivity index (χ0v) is 16.8. The minimum atomic E-state index is -0.250. The number of ether oxygens (including phenoxy) is 1. The largest absolute Gasteiger partial charge is 0.489 e. The van der Waals surface area contributed by atoms with E-state index in [1.165, 1.54) is 16.7 Å². The summed E-state index contributed by atoms with van der Waals surface area (Å²) in [5.41, 5.74) is 4.82. The summed E-state index contributed by atoms with van der Waals surface area (Å²) in [6, 6.07) is 26.9. The lowest BCUT2D eigenvalue weighted by molar-refractivity contribution is -0.122. The van der Waals surface area contributed by atoms with Crippen LogP contribution in [0, 0.1) is 6.92 Å². The quantitative estimate of drug-likeness (QED) is 0.523. The molecule has 4 heteroatoms. The molecule has 0 aliphatic heterocycles. The highest BCUT2D eigenvalue weighted by atomic mass is 16.5. The number of nitrogens with one attached hydrogen (secondary N) is 1. The van der Waals surface area contributed by atoms with E-state index in [4.69, 9.17) is 14.6 Å². The molecule has 0 spiro atoms. The van der Waals surface area contributed by atoms with E-state index < -0.39 is 0 Å². The van der Waals surface area contributed by atoms with Gasteiger partial charge in [-0.1, -0.05) is 68.4 Å². The van der Waals surface area contributed by atoms with Crippen LogP contribution in [0.15, 0.2) is 78.9 Å². The molecule has 0 bridgehead atoms. The first-order chi connectivity index (χ1) is 13.7. The van der Waals surface area contributed by atoms with Crippen molar-refractivity contribution >= 4 is 12.2 Å². The van der Waals surface area contributed by atoms with E-state index in [1.807, 2.05) is 44.2 Å². The maximum absolute atomic E-state index is 8.36. The molecule has 0 aromatic heterocycles. The predicted molar refractivity (Wildman–Crippen MR) is 116 cm³/mol. The minimum absolute atomic E-state index is 0.250. The molecule has 148 valence electrons. The monoisotopic (exact) mass is 379 g/mol. The molecule has 28 heavy (non-hydrogen) atoms. The molecule has 0 atom stereocenters. The molecular weight excluding hydrogens is 350 g/mol. The van der Waals surface area contributed by atoms with Crippen molar-refractivity contribution in [2.75, 3.05) is 5.32 Å². The van der Waals surface area contributed by atoms with Crippen molar-refractivity contribution in [1.29, 1.82) is 0 Å². The van der Waals surface area contributed by atoms with Gasteiger partial charge in [0.05, 0.1) is 0 Å². The molecule has 0 amide bonds. The number of aryl methyl sites for hydroxylation is 1. The van der Waals surface area contributed by atoms with Crippen LogP contribution in [0.2, 0.25) is 0 Å². The van der Waals surface area contributed by atoms with Crippen molar-refractivity contribution in [3.63, 3.8) is 0 Å². The van der Waals surface area contributed by atoms with Crippen molar-refractivity contribution in [2.45, 2.75) is 33.9 Å². The summed E-state index contributed by atoms with van der Waals surface area (Å²) in [5, 5.41) is 10.3. The lowest BCUT2D eigenvalue weighted by Crippen LogP contribution is -2.00. The number of carboxylic acid groups (broad SMARTS) is 1. The molecule has 4 nitrogen and oxygen atoms in total. The highest BCUT2D eigenvalue weighted by molar-refractivity contribution is 5.46. The zero-order chi connectivity index (χ0) is 20.6. The van der Waals surface area contributed by atoms with Crippen molar-refractivity contribution in [2.24, 2.45) is 0 Å². The fraction of sp³-hybridized carbons (Fsp3) is 0.208. The van der Waals surface area contributed by atoms with Crippen LogP contribution < -0.4 is 10.1 Å². The van der Waals surface area contributed by atoms with Gasteiger partial charge in [0.25, 0.3) is 6.47 Å². The minimum Gasteiger partial charge on any atom is -0.489 e. The first-order valence-electron chi connectivity index (χ1n) is 9.35. The maximum Gasteiger partial charge on any atom is 0.290 e. The lowest BCUT2D eigenvalue weighted by Gasteiger charge is -2.09. The number of rotatable bonds is 6. The summed E-state index contributed by atoms with van der Waals surface area (Å²) >= 11 is 0. The van der Waals surface area contributed by atoms with Gasteiger partial charge in [-0.3, -0.25) is 4.79 Å². The van der Waals surface area contributed by atoms with Crippen LogP contribution in [0.5, 0.6) is 5.75 Å². The molecule has 0 radical (unpaired) electrons. The summed E-state index contributed by atoms with van der Waals surface area (Å²) in [4.78, 5) is 8.36. The molecule has 3 rings (SSSR count). The van der Waals surface area contributed by atoms with Gasteiger partial charge in [0.1, 0.15) is 12.4 Å². The van der Waals surface area contributed by atoms with E-state index in [1.54, 1.807) is 0 Å². The van der Waals surface area contributed by atoms with Crippen LogP contribution in [0.25, 0.3) is 0 Å². The molecule has 2 N–H and O–H groups in total. The fourth-order valence-electron chi connectivity index (χ4n) is 2.40. The summed E-state index contributed by atoms with van der Waals surface area (Å²) in [5.74, 6) is 0.896. The Morgan fingerprint density at radius 3 is 2.14 bits per heavy atom. The van der Waals surface area contributed by atoms with Crippen LogP contribution >= 0.6 is 0 Å². The van der Waals surface area contributed by atoms with Crippen molar-refractivity contribution in [1.82, 2.24) is 0 Å². The van der Waals surface area contributed by atoms with Gasteiger partial charge in [-0.05, 0) is 47.9 Å². The van der Waals surface area contributed by atoms with Crippen LogP contribution in [-0.4, -0.2) is 11.6 Å². The molecule has 0 aliphatic carbocycles. The van der Waals surface area contributed by atoms with Crippen molar-refractivity contribution in [3.05, 3.63) is 95.6 Å². The third-order valence-corrected chi connectivity index (χ3v) is 3.69. The van der Waals surface area contributed by atoms with Crippen LogP contribution in [0.3, 0.4) is 0 Å². The van der Waals surface area contributed by atoms with Gasteiger partial charge < -0.3 is 15.2 Å². The Labute approximate surface area is 167 Å². The molecule has 3 aromatic rings. The molecule has 0 saturated heterocycles. The third kappa shape index (κ3) is 8.90. The van der Waals surface area contributed by atoms with Gasteiger partial charge in [0.15, 0.2) is 0 Å². The topological polar surface area (TPSA) is 58.6 Å². The Bertz CT molecular complexity index is 786. The SMILES string of the molecule is CC.Cc1cccc(NCc2ccc(OCc3ccccc3)cc2)c1.O=CO. The van der Waals surface area contributed by atoms with Gasteiger partial charge in [0, 0.05) is 12.2 Å². The average Bonchev–Trinajstić information content (AvgIpc) is 2.74. The molecule has 0 unspecified atom stereocenters. The molecular formula is C24H29NO3. The van der Waals surface area contributed by atoms with E-state index in [0.717, 1.165) is 18.0 Å². The van der Waals surface area contributed by atoms with Crippen LogP contribution in [-0.2, 0) is 17.9 Å². The number of anilines is 1. The normalized spacial score (nSPS) is 9.11. The smallest absolute Gasteiger partial charge is 0.290 e. The Morgan fingerprint density at radius 2 is 1.54 bits per heavy atom. The number of hydrogen-bond donors (Lipinski definition) is 2. The van der Waals surface area contributed by atoms with Crippen LogP contribution in [0.1, 0.15) is 30.5 Å². The first kappa shape index (κ1) is 22.8. The van der Waals surface area contributed by atoms with E-state index >= 15 is 0 Å². The second-order valence-corrected chi connectivity index (χ2v) is 5.75. The van der Waals surface area contributed by atoms with E-state index in [-0.39, 0.29) is 6.47 Å². The highest BCUT2D eigenvalue weighted by Crippen LogP contribution is 2.16. The second kappa shape index (κ2) is 13.9. The highest BCUT2D eigenvalue weighted by Gasteiger charge is 1.98. The summed E-state index contributed by atoms with van der Waals surface area (Å²) in [6.07, 6.45) is 0. The van der Waals surface area contributed by atoms with E-state index in [9.17, 15) is 0 Å². The molecule has 0 fully saturated rings. The first-order valence-corrected chi connectivity index (χ1v) is 9.35. The summed E-state index contributed by atoms with van der Waals surface area (Å²) in [6.45, 7) is 7.26. The third-order valence-electron chi connectivity index (χ3n) is 3.69. The van der Waals surface area contributed by atoms with Crippen molar-refractivity contribution in [3.8, 4) is 5.75 Å². The Balaban J connectivity index is 0.000000717.